The summed E-state index contributed by atoms with van der Waals surface area (Å²) in [4.78, 5) is 25.8. The molecule has 5 aromatic heterocycles. The van der Waals surface area contributed by atoms with Crippen LogP contribution in [0.4, 0.5) is 10.2 Å². The summed E-state index contributed by atoms with van der Waals surface area (Å²) in [5.74, 6) is -0.506. The van der Waals surface area contributed by atoms with Gasteiger partial charge in [0.25, 0.3) is 5.91 Å². The van der Waals surface area contributed by atoms with Crippen molar-refractivity contribution in [2.24, 2.45) is 7.05 Å². The van der Waals surface area contributed by atoms with Gasteiger partial charge in [0.15, 0.2) is 0 Å². The number of aryl methyl sites for hydroxylation is 1. The zero-order valence-electron chi connectivity index (χ0n) is 23.4. The molecule has 0 saturated carbocycles. The van der Waals surface area contributed by atoms with Gasteiger partial charge in [-0.15, -0.1) is 16.4 Å². The molecule has 0 unspecified atom stereocenters. The third-order valence-electron chi connectivity index (χ3n) is 7.59. The van der Waals surface area contributed by atoms with Crippen LogP contribution in [0.25, 0.3) is 31.8 Å². The maximum Gasteiger partial charge on any atom is 0.262 e. The molecule has 1 aromatic carbocycles. The first-order valence-corrected chi connectivity index (χ1v) is 14.9. The molecule has 216 valence electrons. The number of pyridine rings is 2. The fourth-order valence-electron chi connectivity index (χ4n) is 5.49. The molecule has 1 aliphatic rings. The van der Waals surface area contributed by atoms with E-state index in [0.717, 1.165) is 45.5 Å². The zero-order chi connectivity index (χ0) is 29.3. The highest BCUT2D eigenvalue weighted by atomic mass is 32.1. The molecule has 7 rings (SSSR count). The third-order valence-corrected chi connectivity index (χ3v) is 8.74. The van der Waals surface area contributed by atoms with Gasteiger partial charge < -0.3 is 5.32 Å². The van der Waals surface area contributed by atoms with Crippen LogP contribution in [0, 0.1) is 5.82 Å². The highest BCUT2D eigenvalue weighted by Crippen LogP contribution is 2.39. The van der Waals surface area contributed by atoms with Gasteiger partial charge in [0.05, 0.1) is 30.5 Å². The van der Waals surface area contributed by atoms with Crippen LogP contribution >= 0.6 is 11.3 Å². The van der Waals surface area contributed by atoms with Crippen molar-refractivity contribution in [1.29, 1.82) is 0 Å². The highest BCUT2D eigenvalue weighted by Gasteiger charge is 2.32. The zero-order valence-corrected chi connectivity index (χ0v) is 24.2. The molecule has 43 heavy (non-hydrogen) atoms. The molecule has 1 amide bonds. The second-order valence-corrected chi connectivity index (χ2v) is 11.7. The molecule has 6 aromatic rings. The number of rotatable bonds is 7. The van der Waals surface area contributed by atoms with E-state index < -0.39 is 11.7 Å². The van der Waals surface area contributed by atoms with Crippen molar-refractivity contribution in [2.75, 3.05) is 18.0 Å². The quantitative estimate of drug-likeness (QED) is 0.280. The van der Waals surface area contributed by atoms with Crippen LogP contribution in [0.3, 0.4) is 0 Å². The second kappa shape index (κ2) is 11.5. The Morgan fingerprint density at radius 2 is 2.07 bits per heavy atom. The van der Waals surface area contributed by atoms with Crippen molar-refractivity contribution in [3.63, 3.8) is 0 Å². The SMILES string of the molecule is Cn1cc(-c2ccc(C(=O)N(c3nccc4sc(-c5cnn(Cc6cccnc6)c5)cc34)[C@@H]3CCCNC3)c(F)c2)nn1. The Bertz CT molecular complexity index is 1910. The lowest BCUT2D eigenvalue weighted by Crippen LogP contribution is -2.49. The summed E-state index contributed by atoms with van der Waals surface area (Å²) in [6.07, 6.45) is 12.5. The van der Waals surface area contributed by atoms with Gasteiger partial charge in [0.2, 0.25) is 0 Å². The molecule has 1 saturated heterocycles. The first-order valence-electron chi connectivity index (χ1n) is 14.0. The summed E-state index contributed by atoms with van der Waals surface area (Å²) < 4.78 is 20.0. The number of carbonyl (C=O) groups is 1. The number of halogens is 1. The number of piperidine rings is 1. The average molecular weight is 594 g/mol. The van der Waals surface area contributed by atoms with Gasteiger partial charge in [-0.05, 0) is 55.3 Å². The number of amides is 1. The number of nitrogens with zero attached hydrogens (tertiary/aromatic N) is 8. The van der Waals surface area contributed by atoms with E-state index in [1.807, 2.05) is 41.5 Å². The van der Waals surface area contributed by atoms with E-state index in [0.29, 0.717) is 30.2 Å². The number of fused-ring (bicyclic) bond motifs is 1. The number of thiophene rings is 1. The van der Waals surface area contributed by atoms with Gasteiger partial charge in [-0.3, -0.25) is 24.0 Å². The molecule has 1 fully saturated rings. The summed E-state index contributed by atoms with van der Waals surface area (Å²) >= 11 is 1.61. The number of carbonyl (C=O) groups excluding carboxylic acids is 1. The minimum Gasteiger partial charge on any atom is -0.315 e. The van der Waals surface area contributed by atoms with E-state index in [-0.39, 0.29) is 11.6 Å². The van der Waals surface area contributed by atoms with Gasteiger partial charge >= 0.3 is 0 Å². The molecule has 6 heterocycles. The molecule has 0 radical (unpaired) electrons. The number of benzene rings is 1. The molecule has 1 atom stereocenters. The summed E-state index contributed by atoms with van der Waals surface area (Å²) in [6, 6.07) is 12.3. The normalized spacial score (nSPS) is 15.2. The minimum absolute atomic E-state index is 0.0100. The van der Waals surface area contributed by atoms with Gasteiger partial charge in [-0.1, -0.05) is 17.3 Å². The largest absolute Gasteiger partial charge is 0.315 e. The Kier molecular flexibility index (Phi) is 7.21. The summed E-state index contributed by atoms with van der Waals surface area (Å²) in [7, 11) is 1.75. The van der Waals surface area contributed by atoms with Gasteiger partial charge in [-0.2, -0.15) is 5.10 Å². The summed E-state index contributed by atoms with van der Waals surface area (Å²) in [6.45, 7) is 2.09. The Morgan fingerprint density at radius 1 is 1.14 bits per heavy atom. The van der Waals surface area contributed by atoms with E-state index in [2.05, 4.69) is 31.8 Å². The molecule has 0 bridgehead atoms. The standard InChI is InChI=1S/C31H28FN9OS/c1-39-19-27(37-38-39)21-6-7-24(26(32)12-21)31(42)41(23-5-3-10-34-16-23)30-25-13-29(43-28(25)8-11-35-30)22-15-36-40(18-22)17-20-4-2-9-33-14-20/h2,4,6-9,11-15,18-19,23,34H,3,5,10,16-17H2,1H3/t23-/m1/s1. The van der Waals surface area contributed by atoms with Crippen molar-refractivity contribution in [3.05, 3.63) is 96.6 Å². The van der Waals surface area contributed by atoms with E-state index in [9.17, 15) is 4.79 Å². The van der Waals surface area contributed by atoms with Crippen LogP contribution < -0.4 is 10.2 Å². The molecule has 1 N–H and O–H groups in total. The highest BCUT2D eigenvalue weighted by molar-refractivity contribution is 7.22. The van der Waals surface area contributed by atoms with Crippen LogP contribution in [0.5, 0.6) is 0 Å². The molecular weight excluding hydrogens is 565 g/mol. The molecular formula is C31H28FN9OS. The smallest absolute Gasteiger partial charge is 0.262 e. The number of hydrogen-bond acceptors (Lipinski definition) is 8. The maximum atomic E-state index is 15.6. The van der Waals surface area contributed by atoms with Crippen LogP contribution in [0.1, 0.15) is 28.8 Å². The molecule has 0 aliphatic carbocycles. The van der Waals surface area contributed by atoms with Crippen molar-refractivity contribution >= 4 is 33.1 Å². The maximum absolute atomic E-state index is 15.6. The topological polar surface area (TPSA) is 107 Å². The lowest BCUT2D eigenvalue weighted by atomic mass is 10.0. The summed E-state index contributed by atoms with van der Waals surface area (Å²) in [5, 5.41) is 16.8. The van der Waals surface area contributed by atoms with Crippen LogP contribution in [-0.2, 0) is 13.6 Å². The van der Waals surface area contributed by atoms with E-state index in [1.54, 1.807) is 52.6 Å². The Hall–Kier alpha value is -4.81. The van der Waals surface area contributed by atoms with Crippen molar-refractivity contribution < 1.29 is 9.18 Å². The Labute approximate surface area is 250 Å². The summed E-state index contributed by atoms with van der Waals surface area (Å²) in [5.41, 5.74) is 3.12. The van der Waals surface area contributed by atoms with Crippen molar-refractivity contribution in [3.8, 4) is 21.7 Å². The molecule has 0 spiro atoms. The minimum atomic E-state index is -0.610. The van der Waals surface area contributed by atoms with E-state index in [4.69, 9.17) is 4.98 Å². The van der Waals surface area contributed by atoms with Crippen LogP contribution in [0.15, 0.2) is 79.6 Å². The predicted octanol–water partition coefficient (Wildman–Crippen LogP) is 4.94. The van der Waals surface area contributed by atoms with Crippen LogP contribution in [0.2, 0.25) is 0 Å². The Morgan fingerprint density at radius 3 is 2.84 bits per heavy atom. The number of hydrogen-bond donors (Lipinski definition) is 1. The third kappa shape index (κ3) is 5.42. The number of aromatic nitrogens is 7. The first kappa shape index (κ1) is 27.0. The molecule has 1 aliphatic heterocycles. The van der Waals surface area contributed by atoms with Crippen molar-refractivity contribution in [2.45, 2.75) is 25.4 Å². The molecule has 10 nitrogen and oxygen atoms in total. The van der Waals surface area contributed by atoms with Crippen molar-refractivity contribution in [1.82, 2.24) is 40.1 Å². The van der Waals surface area contributed by atoms with E-state index >= 15 is 4.39 Å². The number of anilines is 1. The Balaban J connectivity index is 1.25. The van der Waals surface area contributed by atoms with Gasteiger partial charge in [0, 0.05) is 64.5 Å². The van der Waals surface area contributed by atoms with Crippen LogP contribution in [-0.4, -0.2) is 59.8 Å². The fourth-order valence-corrected chi connectivity index (χ4v) is 6.51. The lowest BCUT2D eigenvalue weighted by molar-refractivity contribution is 0.0968. The second-order valence-electron chi connectivity index (χ2n) is 10.6. The monoisotopic (exact) mass is 593 g/mol. The van der Waals surface area contributed by atoms with Gasteiger partial charge in [0.1, 0.15) is 17.3 Å². The first-order chi connectivity index (χ1) is 21.0. The fraction of sp³-hybridized carbons (Fsp3) is 0.226. The predicted molar refractivity (Wildman–Crippen MR) is 163 cm³/mol. The lowest BCUT2D eigenvalue weighted by Gasteiger charge is -2.34. The molecule has 12 heteroatoms. The van der Waals surface area contributed by atoms with E-state index in [1.165, 1.54) is 12.1 Å². The average Bonchev–Trinajstić information content (AvgIpc) is 3.78. The van der Waals surface area contributed by atoms with Gasteiger partial charge in [-0.25, -0.2) is 9.37 Å². The number of nitrogens with one attached hydrogen (secondary N) is 1.